The third kappa shape index (κ3) is 3.13. The largest absolute Gasteiger partial charge is 0.326 e. The maximum absolute atomic E-state index is 12.8. The average Bonchev–Trinajstić information content (AvgIpc) is 2.82. The summed E-state index contributed by atoms with van der Waals surface area (Å²) < 4.78 is 27.2. The molecule has 0 bridgehead atoms. The molecular formula is C15H25N3O2S. The number of nitrogens with two attached hydrogens (primary N) is 1. The summed E-state index contributed by atoms with van der Waals surface area (Å²) in [6.07, 6.45) is 0. The molecule has 5 nitrogen and oxygen atoms in total. The maximum Gasteiger partial charge on any atom is 0.243 e. The lowest BCUT2D eigenvalue weighted by Gasteiger charge is -2.22. The van der Waals surface area contributed by atoms with Crippen LogP contribution in [0, 0.1) is 12.8 Å². The number of aryl methyl sites for hydroxylation is 1. The molecule has 2 atom stereocenters. The van der Waals surface area contributed by atoms with Gasteiger partial charge < -0.3 is 10.6 Å². The molecule has 1 aliphatic rings. The van der Waals surface area contributed by atoms with Gasteiger partial charge in [-0.1, -0.05) is 13.0 Å². The number of hydrogen-bond acceptors (Lipinski definition) is 4. The van der Waals surface area contributed by atoms with E-state index < -0.39 is 10.0 Å². The molecule has 2 N–H and O–H groups in total. The van der Waals surface area contributed by atoms with E-state index in [-0.39, 0.29) is 6.04 Å². The van der Waals surface area contributed by atoms with Gasteiger partial charge in [-0.15, -0.1) is 0 Å². The molecule has 0 amide bonds. The topological polar surface area (TPSA) is 66.6 Å². The van der Waals surface area contributed by atoms with Gasteiger partial charge in [-0.2, -0.15) is 4.31 Å². The molecule has 1 saturated heterocycles. The number of rotatable bonds is 4. The van der Waals surface area contributed by atoms with Crippen LogP contribution in [0.1, 0.15) is 18.1 Å². The minimum atomic E-state index is -3.44. The van der Waals surface area contributed by atoms with Gasteiger partial charge in [-0.05, 0) is 50.2 Å². The second-order valence-electron chi connectivity index (χ2n) is 6.12. The van der Waals surface area contributed by atoms with Crippen LogP contribution < -0.4 is 5.73 Å². The third-order valence-corrected chi connectivity index (χ3v) is 6.21. The van der Waals surface area contributed by atoms with Crippen molar-refractivity contribution in [2.24, 2.45) is 11.7 Å². The molecule has 6 heteroatoms. The summed E-state index contributed by atoms with van der Waals surface area (Å²) in [5.41, 5.74) is 7.59. The third-order valence-electron chi connectivity index (χ3n) is 4.38. The Balaban J connectivity index is 2.31. The van der Waals surface area contributed by atoms with Crippen LogP contribution >= 0.6 is 0 Å². The highest BCUT2D eigenvalue weighted by Crippen LogP contribution is 2.27. The van der Waals surface area contributed by atoms with Crippen LogP contribution in [0.25, 0.3) is 0 Å². The van der Waals surface area contributed by atoms with E-state index in [0.29, 0.717) is 30.4 Å². The molecule has 1 aliphatic heterocycles. The van der Waals surface area contributed by atoms with Gasteiger partial charge >= 0.3 is 0 Å². The van der Waals surface area contributed by atoms with Crippen LogP contribution in [0.2, 0.25) is 0 Å². The minimum Gasteiger partial charge on any atom is -0.326 e. The first-order chi connectivity index (χ1) is 9.77. The van der Waals surface area contributed by atoms with Crippen molar-refractivity contribution in [1.82, 2.24) is 9.21 Å². The van der Waals surface area contributed by atoms with Crippen molar-refractivity contribution >= 4 is 10.0 Å². The molecule has 0 saturated carbocycles. The van der Waals surface area contributed by atoms with E-state index in [1.54, 1.807) is 16.4 Å². The minimum absolute atomic E-state index is 0.263. The monoisotopic (exact) mass is 311 g/mol. The number of sulfonamides is 1. The fourth-order valence-electron chi connectivity index (χ4n) is 2.95. The lowest BCUT2D eigenvalue weighted by atomic mass is 10.1. The van der Waals surface area contributed by atoms with E-state index >= 15 is 0 Å². The first-order valence-corrected chi connectivity index (χ1v) is 8.67. The van der Waals surface area contributed by atoms with Crippen LogP contribution in [0.3, 0.4) is 0 Å². The van der Waals surface area contributed by atoms with Crippen molar-refractivity contribution < 1.29 is 8.42 Å². The van der Waals surface area contributed by atoms with Gasteiger partial charge in [0.05, 0.1) is 4.90 Å². The van der Waals surface area contributed by atoms with Crippen LogP contribution in [0.5, 0.6) is 0 Å². The van der Waals surface area contributed by atoms with Gasteiger partial charge in [-0.3, -0.25) is 0 Å². The molecule has 118 valence electrons. The summed E-state index contributed by atoms with van der Waals surface area (Å²) in [6, 6.07) is 5.48. The van der Waals surface area contributed by atoms with Crippen molar-refractivity contribution in [3.05, 3.63) is 29.3 Å². The second kappa shape index (κ2) is 6.04. The Kier molecular flexibility index (Phi) is 4.72. The summed E-state index contributed by atoms with van der Waals surface area (Å²) in [5, 5.41) is 0. The zero-order valence-electron chi connectivity index (χ0n) is 13.2. The Bertz CT molecular complexity index is 613. The van der Waals surface area contributed by atoms with Gasteiger partial charge in [0.15, 0.2) is 0 Å². The van der Waals surface area contributed by atoms with Gasteiger partial charge in [0, 0.05) is 25.7 Å². The lowest BCUT2D eigenvalue weighted by Crippen LogP contribution is -2.35. The van der Waals surface area contributed by atoms with Crippen molar-refractivity contribution in [1.29, 1.82) is 0 Å². The summed E-state index contributed by atoms with van der Waals surface area (Å²) in [7, 11) is 0.555. The normalized spacial score (nSPS) is 23.9. The number of likely N-dealkylation sites (N-methyl/N-ethyl adjacent to an activating group) is 1. The predicted octanol–water partition coefficient (Wildman–Crippen LogP) is 1.02. The van der Waals surface area contributed by atoms with Crippen molar-refractivity contribution in [2.75, 3.05) is 27.2 Å². The van der Waals surface area contributed by atoms with Gasteiger partial charge in [0.1, 0.15) is 0 Å². The highest BCUT2D eigenvalue weighted by Gasteiger charge is 2.38. The van der Waals surface area contributed by atoms with Crippen LogP contribution in [0.4, 0.5) is 0 Å². The van der Waals surface area contributed by atoms with Crippen LogP contribution in [0.15, 0.2) is 23.1 Å². The summed E-state index contributed by atoms with van der Waals surface area (Å²) in [4.78, 5) is 2.45. The van der Waals surface area contributed by atoms with E-state index in [2.05, 4.69) is 11.8 Å². The van der Waals surface area contributed by atoms with Gasteiger partial charge in [0.25, 0.3) is 0 Å². The summed E-state index contributed by atoms with van der Waals surface area (Å²) in [5.74, 6) is 0.328. The highest BCUT2D eigenvalue weighted by atomic mass is 32.2. The van der Waals surface area contributed by atoms with Crippen LogP contribution in [-0.4, -0.2) is 50.8 Å². The Morgan fingerprint density at radius 3 is 2.52 bits per heavy atom. The smallest absolute Gasteiger partial charge is 0.243 e. The SMILES string of the molecule is Cc1ccc(S(=O)(=O)N2CC(C)C(N(C)C)C2)cc1CN. The van der Waals surface area contributed by atoms with Gasteiger partial charge in [0.2, 0.25) is 10.0 Å². The zero-order valence-corrected chi connectivity index (χ0v) is 14.0. The molecule has 0 radical (unpaired) electrons. The second-order valence-corrected chi connectivity index (χ2v) is 8.06. The Hall–Kier alpha value is -0.950. The molecule has 2 unspecified atom stereocenters. The van der Waals surface area contributed by atoms with E-state index in [0.717, 1.165) is 11.1 Å². The van der Waals surface area contributed by atoms with E-state index in [4.69, 9.17) is 5.73 Å². The zero-order chi connectivity index (χ0) is 15.8. The molecule has 0 aliphatic carbocycles. The van der Waals surface area contributed by atoms with Crippen molar-refractivity contribution in [3.63, 3.8) is 0 Å². The van der Waals surface area contributed by atoms with Crippen molar-refractivity contribution in [2.45, 2.75) is 31.3 Å². The number of nitrogens with zero attached hydrogens (tertiary/aromatic N) is 2. The van der Waals surface area contributed by atoms with Gasteiger partial charge in [-0.25, -0.2) is 8.42 Å². The molecule has 0 spiro atoms. The molecule has 1 aromatic carbocycles. The number of hydrogen-bond donors (Lipinski definition) is 1. The summed E-state index contributed by atoms with van der Waals surface area (Å²) in [6.45, 7) is 5.50. The van der Waals surface area contributed by atoms with E-state index in [9.17, 15) is 8.42 Å². The Morgan fingerprint density at radius 2 is 2.00 bits per heavy atom. The fraction of sp³-hybridized carbons (Fsp3) is 0.600. The molecule has 1 aromatic rings. The molecule has 2 rings (SSSR count). The first-order valence-electron chi connectivity index (χ1n) is 7.23. The quantitative estimate of drug-likeness (QED) is 0.902. The van der Waals surface area contributed by atoms with E-state index in [1.165, 1.54) is 0 Å². The number of benzene rings is 1. The highest BCUT2D eigenvalue weighted by molar-refractivity contribution is 7.89. The predicted molar refractivity (Wildman–Crippen MR) is 84.5 cm³/mol. The van der Waals surface area contributed by atoms with Crippen LogP contribution in [-0.2, 0) is 16.6 Å². The molecule has 21 heavy (non-hydrogen) atoms. The first kappa shape index (κ1) is 16.4. The fourth-order valence-corrected chi connectivity index (χ4v) is 4.56. The molecule has 1 fully saturated rings. The Morgan fingerprint density at radius 1 is 1.33 bits per heavy atom. The molecular weight excluding hydrogens is 286 g/mol. The summed E-state index contributed by atoms with van der Waals surface area (Å²) >= 11 is 0. The lowest BCUT2D eigenvalue weighted by molar-refractivity contribution is 0.263. The molecule has 1 heterocycles. The maximum atomic E-state index is 12.8. The molecule has 0 aromatic heterocycles. The standard InChI is InChI=1S/C15H25N3O2S/c1-11-5-6-14(7-13(11)8-16)21(19,20)18-9-12(2)15(10-18)17(3)4/h5-7,12,15H,8-10,16H2,1-4H3. The van der Waals surface area contributed by atoms with Crippen molar-refractivity contribution in [3.8, 4) is 0 Å². The van der Waals surface area contributed by atoms with E-state index in [1.807, 2.05) is 27.1 Å². The Labute approximate surface area is 127 Å². The average molecular weight is 311 g/mol.